The molecule has 1 aliphatic heterocycles. The van der Waals surface area contributed by atoms with Gasteiger partial charge in [0.05, 0.1) is 6.54 Å². The Bertz CT molecular complexity index is 602. The summed E-state index contributed by atoms with van der Waals surface area (Å²) < 4.78 is 4.49. The lowest BCUT2D eigenvalue weighted by Crippen LogP contribution is -2.34. The number of nitrogens with one attached hydrogen (secondary N) is 1. The SMILES string of the molecule is CC(C)(C)NCc1ccn(Cc2nnc3n2CCCC3)c1. The highest BCUT2D eigenvalue weighted by atomic mass is 15.3. The largest absolute Gasteiger partial charge is 0.346 e. The number of aryl methyl sites for hydroxylation is 1. The van der Waals surface area contributed by atoms with E-state index in [0.29, 0.717) is 0 Å². The predicted octanol–water partition coefficient (Wildman–Crippen LogP) is 2.35. The summed E-state index contributed by atoms with van der Waals surface area (Å²) in [5.74, 6) is 2.23. The summed E-state index contributed by atoms with van der Waals surface area (Å²) in [6, 6.07) is 2.17. The minimum Gasteiger partial charge on any atom is -0.346 e. The van der Waals surface area contributed by atoms with E-state index in [1.165, 1.54) is 18.4 Å². The van der Waals surface area contributed by atoms with Crippen LogP contribution in [0, 0.1) is 0 Å². The fraction of sp³-hybridized carbons (Fsp3) is 0.625. The first kappa shape index (κ1) is 14.3. The van der Waals surface area contributed by atoms with Gasteiger partial charge in [-0.1, -0.05) is 0 Å². The molecule has 0 bridgehead atoms. The Morgan fingerprint density at radius 2 is 2.10 bits per heavy atom. The molecule has 114 valence electrons. The van der Waals surface area contributed by atoms with Gasteiger partial charge in [0.25, 0.3) is 0 Å². The molecule has 2 aromatic heterocycles. The van der Waals surface area contributed by atoms with Crippen LogP contribution in [0.4, 0.5) is 0 Å². The molecule has 2 aromatic rings. The van der Waals surface area contributed by atoms with E-state index < -0.39 is 0 Å². The van der Waals surface area contributed by atoms with Gasteiger partial charge in [0, 0.05) is 37.4 Å². The van der Waals surface area contributed by atoms with E-state index in [1.54, 1.807) is 0 Å². The molecular formula is C16H25N5. The van der Waals surface area contributed by atoms with Crippen LogP contribution in [0.3, 0.4) is 0 Å². The highest BCUT2D eigenvalue weighted by Gasteiger charge is 2.16. The van der Waals surface area contributed by atoms with Gasteiger partial charge in [-0.25, -0.2) is 0 Å². The first-order valence-corrected chi connectivity index (χ1v) is 7.82. The van der Waals surface area contributed by atoms with E-state index in [0.717, 1.165) is 37.7 Å². The zero-order valence-corrected chi connectivity index (χ0v) is 13.3. The summed E-state index contributed by atoms with van der Waals surface area (Å²) in [6.07, 6.45) is 7.88. The van der Waals surface area contributed by atoms with Gasteiger partial charge in [0.15, 0.2) is 5.82 Å². The second kappa shape index (κ2) is 5.64. The summed E-state index contributed by atoms with van der Waals surface area (Å²) in [5, 5.41) is 12.2. The predicted molar refractivity (Wildman–Crippen MR) is 83.1 cm³/mol. The smallest absolute Gasteiger partial charge is 0.152 e. The maximum Gasteiger partial charge on any atom is 0.152 e. The second-order valence-corrected chi connectivity index (χ2v) is 6.94. The lowest BCUT2D eigenvalue weighted by Gasteiger charge is -2.19. The molecule has 0 radical (unpaired) electrons. The molecule has 0 aliphatic carbocycles. The van der Waals surface area contributed by atoms with Gasteiger partial charge in [-0.2, -0.15) is 0 Å². The van der Waals surface area contributed by atoms with Gasteiger partial charge in [0.1, 0.15) is 5.82 Å². The summed E-state index contributed by atoms with van der Waals surface area (Å²) in [6.45, 7) is 9.33. The molecular weight excluding hydrogens is 262 g/mol. The van der Waals surface area contributed by atoms with Crippen LogP contribution in [0.25, 0.3) is 0 Å². The van der Waals surface area contributed by atoms with Crippen molar-refractivity contribution >= 4 is 0 Å². The summed E-state index contributed by atoms with van der Waals surface area (Å²) in [4.78, 5) is 0. The van der Waals surface area contributed by atoms with Crippen molar-refractivity contribution in [2.24, 2.45) is 0 Å². The van der Waals surface area contributed by atoms with Crippen LogP contribution < -0.4 is 5.32 Å². The maximum absolute atomic E-state index is 4.36. The van der Waals surface area contributed by atoms with Crippen LogP contribution in [0.1, 0.15) is 50.8 Å². The Morgan fingerprint density at radius 3 is 2.90 bits per heavy atom. The van der Waals surface area contributed by atoms with E-state index in [-0.39, 0.29) is 5.54 Å². The number of rotatable bonds is 4. The third kappa shape index (κ3) is 3.53. The molecule has 21 heavy (non-hydrogen) atoms. The van der Waals surface area contributed by atoms with Crippen LogP contribution >= 0.6 is 0 Å². The molecule has 3 rings (SSSR count). The molecule has 0 atom stereocenters. The monoisotopic (exact) mass is 287 g/mol. The molecule has 0 aromatic carbocycles. The molecule has 0 spiro atoms. The quantitative estimate of drug-likeness (QED) is 0.939. The molecule has 1 N–H and O–H groups in total. The van der Waals surface area contributed by atoms with Crippen LogP contribution in [0.5, 0.6) is 0 Å². The van der Waals surface area contributed by atoms with Crippen molar-refractivity contribution in [2.75, 3.05) is 0 Å². The zero-order valence-electron chi connectivity index (χ0n) is 13.3. The lowest BCUT2D eigenvalue weighted by atomic mass is 10.1. The standard InChI is InChI=1S/C16H25N5/c1-16(2,3)17-10-13-7-9-20(11-13)12-15-19-18-14-6-4-5-8-21(14)15/h7,9,11,17H,4-6,8,10,12H2,1-3H3. The van der Waals surface area contributed by atoms with E-state index in [4.69, 9.17) is 0 Å². The van der Waals surface area contributed by atoms with Crippen molar-refractivity contribution < 1.29 is 0 Å². The molecule has 3 heterocycles. The highest BCUT2D eigenvalue weighted by molar-refractivity contribution is 5.12. The Morgan fingerprint density at radius 1 is 1.24 bits per heavy atom. The summed E-state index contributed by atoms with van der Waals surface area (Å²) in [5.41, 5.74) is 1.46. The van der Waals surface area contributed by atoms with Gasteiger partial charge in [-0.15, -0.1) is 10.2 Å². The molecule has 1 aliphatic rings. The van der Waals surface area contributed by atoms with Crippen molar-refractivity contribution in [2.45, 2.75) is 65.2 Å². The highest BCUT2D eigenvalue weighted by Crippen LogP contribution is 2.15. The Kier molecular flexibility index (Phi) is 3.85. The van der Waals surface area contributed by atoms with E-state index in [1.807, 2.05) is 0 Å². The van der Waals surface area contributed by atoms with Gasteiger partial charge in [0.2, 0.25) is 0 Å². The molecule has 0 unspecified atom stereocenters. The number of fused-ring (bicyclic) bond motifs is 1. The molecule has 5 nitrogen and oxygen atoms in total. The average molecular weight is 287 g/mol. The van der Waals surface area contributed by atoms with Crippen molar-refractivity contribution in [3.8, 4) is 0 Å². The molecule has 5 heteroatoms. The van der Waals surface area contributed by atoms with Crippen molar-refractivity contribution in [3.63, 3.8) is 0 Å². The summed E-state index contributed by atoms with van der Waals surface area (Å²) >= 11 is 0. The molecule has 0 fully saturated rings. The minimum absolute atomic E-state index is 0.147. The Hall–Kier alpha value is -1.62. The first-order valence-electron chi connectivity index (χ1n) is 7.82. The van der Waals surface area contributed by atoms with Gasteiger partial charge < -0.3 is 14.5 Å². The normalized spacial score (nSPS) is 15.2. The maximum atomic E-state index is 4.36. The number of nitrogens with zero attached hydrogens (tertiary/aromatic N) is 4. The Labute approximate surface area is 126 Å². The van der Waals surface area contributed by atoms with Crippen LogP contribution in [-0.2, 0) is 26.1 Å². The van der Waals surface area contributed by atoms with E-state index in [2.05, 4.69) is 63.9 Å². The lowest BCUT2D eigenvalue weighted by molar-refractivity contribution is 0.424. The van der Waals surface area contributed by atoms with Crippen LogP contribution in [0.2, 0.25) is 0 Å². The topological polar surface area (TPSA) is 47.7 Å². The number of hydrogen-bond donors (Lipinski definition) is 1. The summed E-state index contributed by atoms with van der Waals surface area (Å²) in [7, 11) is 0. The molecule has 0 saturated heterocycles. The fourth-order valence-corrected chi connectivity index (χ4v) is 2.71. The van der Waals surface area contributed by atoms with E-state index >= 15 is 0 Å². The van der Waals surface area contributed by atoms with Gasteiger partial charge in [-0.05, 0) is 45.2 Å². The zero-order chi connectivity index (χ0) is 14.9. The minimum atomic E-state index is 0.147. The van der Waals surface area contributed by atoms with Crippen LogP contribution in [0.15, 0.2) is 18.5 Å². The molecule has 0 saturated carbocycles. The van der Waals surface area contributed by atoms with Crippen molar-refractivity contribution in [1.29, 1.82) is 0 Å². The third-order valence-corrected chi connectivity index (χ3v) is 3.89. The molecule has 0 amide bonds. The van der Waals surface area contributed by atoms with Crippen molar-refractivity contribution in [1.82, 2.24) is 24.6 Å². The van der Waals surface area contributed by atoms with Gasteiger partial charge >= 0.3 is 0 Å². The number of hydrogen-bond acceptors (Lipinski definition) is 3. The Balaban J connectivity index is 1.66. The van der Waals surface area contributed by atoms with Gasteiger partial charge in [-0.3, -0.25) is 0 Å². The average Bonchev–Trinajstić information content (AvgIpc) is 3.04. The second-order valence-electron chi connectivity index (χ2n) is 6.94. The fourth-order valence-electron chi connectivity index (χ4n) is 2.71. The first-order chi connectivity index (χ1) is 10.0. The van der Waals surface area contributed by atoms with Crippen LogP contribution in [-0.4, -0.2) is 24.9 Å². The third-order valence-electron chi connectivity index (χ3n) is 3.89. The van der Waals surface area contributed by atoms with Crippen molar-refractivity contribution in [3.05, 3.63) is 35.7 Å². The van der Waals surface area contributed by atoms with E-state index in [9.17, 15) is 0 Å². The number of aromatic nitrogens is 4.